The van der Waals surface area contributed by atoms with E-state index in [0.29, 0.717) is 6.54 Å². The van der Waals surface area contributed by atoms with Gasteiger partial charge in [-0.05, 0) is 53.1 Å². The highest BCUT2D eigenvalue weighted by atomic mass is 16.7. The lowest BCUT2D eigenvalue weighted by Crippen LogP contribution is -2.43. The Balaban J connectivity index is 1.35. The molecule has 1 aliphatic heterocycles. The number of aliphatic hydroxyl groups is 1. The highest BCUT2D eigenvalue weighted by Gasteiger charge is 2.38. The molecule has 3 aromatic carbocycles. The summed E-state index contributed by atoms with van der Waals surface area (Å²) in [5, 5.41) is 9.52. The Morgan fingerprint density at radius 1 is 0.850 bits per heavy atom. The molecule has 4 atom stereocenters. The molecule has 5 rings (SSSR count). The highest BCUT2D eigenvalue weighted by molar-refractivity contribution is 5.64. The zero-order valence-electron chi connectivity index (χ0n) is 23.3. The maximum absolute atomic E-state index is 9.52. The number of rotatable bonds is 10. The van der Waals surface area contributed by atoms with Gasteiger partial charge < -0.3 is 25.2 Å². The first-order valence-electron chi connectivity index (χ1n) is 14.0. The third-order valence-corrected chi connectivity index (χ3v) is 7.77. The van der Waals surface area contributed by atoms with Crippen LogP contribution in [0.5, 0.6) is 0 Å². The Morgan fingerprint density at radius 3 is 2.33 bits per heavy atom. The van der Waals surface area contributed by atoms with E-state index in [1.54, 1.807) is 0 Å². The molecule has 208 valence electrons. The number of aromatic nitrogens is 1. The summed E-state index contributed by atoms with van der Waals surface area (Å²) in [7, 11) is 2.14. The molecular weight excluding hydrogens is 498 g/mol. The summed E-state index contributed by atoms with van der Waals surface area (Å²) in [5.74, 6) is 0.131. The summed E-state index contributed by atoms with van der Waals surface area (Å²) in [6.07, 6.45) is 2.07. The summed E-state index contributed by atoms with van der Waals surface area (Å²) >= 11 is 0. The lowest BCUT2D eigenvalue weighted by molar-refractivity contribution is -0.275. The Kier molecular flexibility index (Phi) is 9.37. The van der Waals surface area contributed by atoms with E-state index in [2.05, 4.69) is 78.5 Å². The molecule has 0 radical (unpaired) electrons. The van der Waals surface area contributed by atoms with Crippen LogP contribution in [0.15, 0.2) is 97.2 Å². The third-order valence-electron chi connectivity index (χ3n) is 7.77. The minimum Gasteiger partial charge on any atom is -0.392 e. The summed E-state index contributed by atoms with van der Waals surface area (Å²) in [6.45, 7) is 4.42. The van der Waals surface area contributed by atoms with Crippen LogP contribution in [0.4, 0.5) is 0 Å². The molecule has 1 aliphatic rings. The fraction of sp³-hybridized carbons (Fsp3) is 0.324. The standard InChI is InChI=1S/C34H39N3O3/c1-24-32(22-37(2)19-17-31-8-3-4-18-36-31)39-34(40-33(24)28-11-9-25(23-38)10-12-28)29-15-13-27(14-16-29)30-7-5-6-26(20-30)21-35/h3-16,18,20,24,32-34,38H,17,19,21-23,35H2,1-2H3. The number of ether oxygens (including phenoxy) is 2. The Hall–Kier alpha value is -3.39. The second kappa shape index (κ2) is 13.3. The van der Waals surface area contributed by atoms with Gasteiger partial charge in [0.05, 0.1) is 18.8 Å². The number of hydrogen-bond acceptors (Lipinski definition) is 6. The second-order valence-corrected chi connectivity index (χ2v) is 10.7. The topological polar surface area (TPSA) is 80.8 Å². The molecule has 6 nitrogen and oxygen atoms in total. The van der Waals surface area contributed by atoms with Crippen LogP contribution < -0.4 is 5.73 Å². The summed E-state index contributed by atoms with van der Waals surface area (Å²) in [4.78, 5) is 6.78. The van der Waals surface area contributed by atoms with E-state index in [0.717, 1.165) is 58.6 Å². The number of aliphatic hydroxyl groups excluding tert-OH is 1. The molecule has 0 saturated carbocycles. The van der Waals surface area contributed by atoms with Crippen LogP contribution in [0.3, 0.4) is 0 Å². The van der Waals surface area contributed by atoms with Crippen molar-refractivity contribution in [1.82, 2.24) is 9.88 Å². The highest BCUT2D eigenvalue weighted by Crippen LogP contribution is 2.42. The van der Waals surface area contributed by atoms with Crippen LogP contribution in [-0.4, -0.2) is 41.2 Å². The molecule has 1 fully saturated rings. The van der Waals surface area contributed by atoms with Crippen LogP contribution >= 0.6 is 0 Å². The smallest absolute Gasteiger partial charge is 0.184 e. The number of pyridine rings is 1. The molecule has 4 unspecified atom stereocenters. The Morgan fingerprint density at radius 2 is 1.62 bits per heavy atom. The number of likely N-dealkylation sites (N-methyl/N-ethyl adjacent to an activating group) is 1. The lowest BCUT2D eigenvalue weighted by Gasteiger charge is -2.42. The van der Waals surface area contributed by atoms with Gasteiger partial charge in [-0.25, -0.2) is 0 Å². The normalized spacial score (nSPS) is 21.0. The Labute approximate surface area is 237 Å². The molecule has 0 amide bonds. The maximum atomic E-state index is 9.52. The van der Waals surface area contributed by atoms with E-state index in [1.807, 2.05) is 42.6 Å². The predicted octanol–water partition coefficient (Wildman–Crippen LogP) is 5.67. The van der Waals surface area contributed by atoms with Crippen molar-refractivity contribution in [3.05, 3.63) is 125 Å². The van der Waals surface area contributed by atoms with E-state index >= 15 is 0 Å². The van der Waals surface area contributed by atoms with Crippen molar-refractivity contribution in [3.63, 3.8) is 0 Å². The zero-order valence-corrected chi connectivity index (χ0v) is 23.3. The van der Waals surface area contributed by atoms with Gasteiger partial charge in [-0.1, -0.05) is 79.7 Å². The van der Waals surface area contributed by atoms with Gasteiger partial charge in [0.2, 0.25) is 0 Å². The van der Waals surface area contributed by atoms with E-state index in [-0.39, 0.29) is 24.7 Å². The van der Waals surface area contributed by atoms with Crippen molar-refractivity contribution in [3.8, 4) is 11.1 Å². The molecule has 0 aliphatic carbocycles. The Bertz CT molecular complexity index is 1350. The lowest BCUT2D eigenvalue weighted by atomic mass is 9.90. The number of nitrogens with two attached hydrogens (primary N) is 1. The van der Waals surface area contributed by atoms with Crippen LogP contribution in [0.1, 0.15) is 47.3 Å². The van der Waals surface area contributed by atoms with Crippen LogP contribution in [0, 0.1) is 5.92 Å². The molecule has 2 heterocycles. The van der Waals surface area contributed by atoms with Crippen molar-refractivity contribution in [2.75, 3.05) is 20.1 Å². The van der Waals surface area contributed by atoms with Crippen LogP contribution in [0.2, 0.25) is 0 Å². The minimum atomic E-state index is -0.489. The third kappa shape index (κ3) is 6.84. The van der Waals surface area contributed by atoms with Crippen molar-refractivity contribution in [2.24, 2.45) is 11.7 Å². The van der Waals surface area contributed by atoms with E-state index < -0.39 is 6.29 Å². The van der Waals surface area contributed by atoms with Gasteiger partial charge in [-0.3, -0.25) is 4.98 Å². The van der Waals surface area contributed by atoms with Gasteiger partial charge in [0.1, 0.15) is 0 Å². The first-order valence-corrected chi connectivity index (χ1v) is 14.0. The van der Waals surface area contributed by atoms with E-state index in [1.165, 1.54) is 0 Å². The average Bonchev–Trinajstić information content (AvgIpc) is 3.01. The predicted molar refractivity (Wildman–Crippen MR) is 158 cm³/mol. The summed E-state index contributed by atoms with van der Waals surface area (Å²) in [6, 6.07) is 30.9. The van der Waals surface area contributed by atoms with Gasteiger partial charge in [0.15, 0.2) is 6.29 Å². The van der Waals surface area contributed by atoms with Gasteiger partial charge >= 0.3 is 0 Å². The largest absolute Gasteiger partial charge is 0.392 e. The van der Waals surface area contributed by atoms with Gasteiger partial charge in [0, 0.05) is 49.4 Å². The number of benzene rings is 3. The van der Waals surface area contributed by atoms with Crippen molar-refractivity contribution in [1.29, 1.82) is 0 Å². The number of hydrogen-bond donors (Lipinski definition) is 2. The van der Waals surface area contributed by atoms with Crippen LogP contribution in [-0.2, 0) is 29.0 Å². The molecular formula is C34H39N3O3. The van der Waals surface area contributed by atoms with Gasteiger partial charge in [0.25, 0.3) is 0 Å². The average molecular weight is 538 g/mol. The van der Waals surface area contributed by atoms with Gasteiger partial charge in [-0.15, -0.1) is 0 Å². The monoisotopic (exact) mass is 537 g/mol. The molecule has 0 bridgehead atoms. The van der Waals surface area contributed by atoms with E-state index in [9.17, 15) is 5.11 Å². The summed E-state index contributed by atoms with van der Waals surface area (Å²) < 4.78 is 13.3. The second-order valence-electron chi connectivity index (χ2n) is 10.7. The van der Waals surface area contributed by atoms with Crippen molar-refractivity contribution >= 4 is 0 Å². The van der Waals surface area contributed by atoms with Crippen molar-refractivity contribution < 1.29 is 14.6 Å². The molecule has 1 aromatic heterocycles. The molecule has 1 saturated heterocycles. The molecule has 4 aromatic rings. The maximum Gasteiger partial charge on any atom is 0.184 e. The minimum absolute atomic E-state index is 0.0251. The number of nitrogens with zero attached hydrogens (tertiary/aromatic N) is 2. The molecule has 3 N–H and O–H groups in total. The van der Waals surface area contributed by atoms with Crippen LogP contribution in [0.25, 0.3) is 11.1 Å². The first-order chi connectivity index (χ1) is 19.5. The summed E-state index contributed by atoms with van der Waals surface area (Å²) in [5.41, 5.74) is 13.3. The zero-order chi connectivity index (χ0) is 27.9. The molecule has 40 heavy (non-hydrogen) atoms. The SMILES string of the molecule is CC1C(CN(C)CCc2ccccn2)OC(c2ccc(-c3cccc(CN)c3)cc2)OC1c1ccc(CO)cc1. The molecule has 0 spiro atoms. The van der Waals surface area contributed by atoms with Crippen molar-refractivity contribution in [2.45, 2.75) is 45.0 Å². The first kappa shape index (κ1) is 28.1. The fourth-order valence-electron chi connectivity index (χ4n) is 5.29. The van der Waals surface area contributed by atoms with Gasteiger partial charge in [-0.2, -0.15) is 0 Å². The fourth-order valence-corrected chi connectivity index (χ4v) is 5.29. The molecule has 6 heteroatoms. The quantitative estimate of drug-likeness (QED) is 0.272. The van der Waals surface area contributed by atoms with E-state index in [4.69, 9.17) is 15.2 Å².